The summed E-state index contributed by atoms with van der Waals surface area (Å²) < 4.78 is 1.11. The molecule has 106 valence electrons. The molecule has 0 saturated heterocycles. The zero-order valence-corrected chi connectivity index (χ0v) is 13.6. The van der Waals surface area contributed by atoms with Crippen LogP contribution in [-0.4, -0.2) is 12.0 Å². The number of thiophene rings is 1. The van der Waals surface area contributed by atoms with Gasteiger partial charge in [0.2, 0.25) is 0 Å². The molecule has 0 fully saturated rings. The van der Waals surface area contributed by atoms with Gasteiger partial charge in [-0.25, -0.2) is 0 Å². The van der Waals surface area contributed by atoms with Crippen LogP contribution in [-0.2, 0) is 6.42 Å². The van der Waals surface area contributed by atoms with Gasteiger partial charge in [0.05, 0.1) is 8.71 Å². The Balaban J connectivity index is 2.29. The zero-order valence-electron chi connectivity index (χ0n) is 11.2. The maximum absolute atomic E-state index is 11.1. The molecule has 0 radical (unpaired) electrons. The number of likely N-dealkylation sites (N-methyl/N-ethyl adjacent to an activating group) is 1. The molecule has 1 aromatic carbocycles. The van der Waals surface area contributed by atoms with E-state index in [1.807, 2.05) is 26.1 Å². The van der Waals surface area contributed by atoms with E-state index >= 15 is 0 Å². The summed E-state index contributed by atoms with van der Waals surface area (Å²) in [5.74, 6) is 0. The number of para-hydroxylation sites is 1. The number of aryl methyl sites for hydroxylation is 1. The molecule has 4 nitrogen and oxygen atoms in total. The van der Waals surface area contributed by atoms with Crippen LogP contribution in [0.1, 0.15) is 22.0 Å². The van der Waals surface area contributed by atoms with Gasteiger partial charge in [0, 0.05) is 22.5 Å². The molecule has 1 aromatic heterocycles. The van der Waals surface area contributed by atoms with Gasteiger partial charge < -0.3 is 5.32 Å². The Bertz CT molecular complexity index is 608. The molecule has 1 unspecified atom stereocenters. The minimum Gasteiger partial charge on any atom is -0.312 e. The van der Waals surface area contributed by atoms with E-state index in [0.29, 0.717) is 6.42 Å². The molecular weight excluding hydrogens is 340 g/mol. The summed E-state index contributed by atoms with van der Waals surface area (Å²) in [6, 6.07) is 9.10. The standard InChI is InChI=1S/C14H15BrN2O2S/c1-9-7-13(20-14(9)15)11(16-2)8-10-5-3-4-6-12(10)17(18)19/h3-7,11,16H,8H2,1-2H3. The van der Waals surface area contributed by atoms with Crippen LogP contribution in [0.3, 0.4) is 0 Å². The van der Waals surface area contributed by atoms with Gasteiger partial charge in [0.25, 0.3) is 5.69 Å². The van der Waals surface area contributed by atoms with Crippen LogP contribution in [0, 0.1) is 17.0 Å². The van der Waals surface area contributed by atoms with E-state index in [1.54, 1.807) is 23.5 Å². The van der Waals surface area contributed by atoms with Crippen LogP contribution in [0.25, 0.3) is 0 Å². The number of nitro benzene ring substituents is 1. The van der Waals surface area contributed by atoms with Crippen molar-refractivity contribution in [3.63, 3.8) is 0 Å². The highest BCUT2D eigenvalue weighted by Gasteiger charge is 2.19. The van der Waals surface area contributed by atoms with E-state index in [0.717, 1.165) is 9.35 Å². The van der Waals surface area contributed by atoms with Crippen molar-refractivity contribution in [2.45, 2.75) is 19.4 Å². The van der Waals surface area contributed by atoms with Gasteiger partial charge in [-0.15, -0.1) is 11.3 Å². The second kappa shape index (κ2) is 6.47. The van der Waals surface area contributed by atoms with E-state index in [2.05, 4.69) is 27.3 Å². The number of rotatable bonds is 5. The summed E-state index contributed by atoms with van der Waals surface area (Å²) in [6.45, 7) is 2.04. The first-order valence-electron chi connectivity index (χ1n) is 6.18. The quantitative estimate of drug-likeness (QED) is 0.645. The third kappa shape index (κ3) is 3.26. The fourth-order valence-corrected chi connectivity index (χ4v) is 3.76. The molecule has 2 rings (SSSR count). The Kier molecular flexibility index (Phi) is 4.91. The molecule has 20 heavy (non-hydrogen) atoms. The van der Waals surface area contributed by atoms with Gasteiger partial charge in [-0.2, -0.15) is 0 Å². The summed E-state index contributed by atoms with van der Waals surface area (Å²) >= 11 is 5.18. The zero-order chi connectivity index (χ0) is 14.7. The second-order valence-electron chi connectivity index (χ2n) is 4.54. The molecule has 1 atom stereocenters. The molecule has 1 N–H and O–H groups in total. The van der Waals surface area contributed by atoms with Gasteiger partial charge >= 0.3 is 0 Å². The van der Waals surface area contributed by atoms with Gasteiger partial charge in [-0.3, -0.25) is 10.1 Å². The SMILES string of the molecule is CNC(Cc1ccccc1[N+](=O)[O-])c1cc(C)c(Br)s1. The first-order valence-corrected chi connectivity index (χ1v) is 7.79. The van der Waals surface area contributed by atoms with E-state index in [9.17, 15) is 10.1 Å². The topological polar surface area (TPSA) is 55.2 Å². The van der Waals surface area contributed by atoms with Crippen LogP contribution in [0.4, 0.5) is 5.69 Å². The van der Waals surface area contributed by atoms with Crippen molar-refractivity contribution in [2.75, 3.05) is 7.05 Å². The number of benzene rings is 1. The summed E-state index contributed by atoms with van der Waals surface area (Å²) in [7, 11) is 1.88. The minimum absolute atomic E-state index is 0.0751. The third-order valence-electron chi connectivity index (χ3n) is 3.18. The molecule has 0 bridgehead atoms. The Hall–Kier alpha value is -1.24. The van der Waals surface area contributed by atoms with Gasteiger partial charge in [0.1, 0.15) is 0 Å². The van der Waals surface area contributed by atoms with Gasteiger partial charge in [-0.1, -0.05) is 18.2 Å². The van der Waals surface area contributed by atoms with Crippen molar-refractivity contribution in [1.29, 1.82) is 0 Å². The second-order valence-corrected chi connectivity index (χ2v) is 6.94. The van der Waals surface area contributed by atoms with Crippen molar-refractivity contribution >= 4 is 33.0 Å². The van der Waals surface area contributed by atoms with E-state index in [4.69, 9.17) is 0 Å². The molecule has 0 aliphatic heterocycles. The average Bonchev–Trinajstić information content (AvgIpc) is 2.76. The molecule has 2 aromatic rings. The van der Waals surface area contributed by atoms with Gasteiger partial charge in [0.15, 0.2) is 0 Å². The van der Waals surface area contributed by atoms with Crippen molar-refractivity contribution in [3.8, 4) is 0 Å². The summed E-state index contributed by atoms with van der Waals surface area (Å²) in [6.07, 6.45) is 0.597. The highest BCUT2D eigenvalue weighted by Crippen LogP contribution is 2.33. The number of hydrogen-bond acceptors (Lipinski definition) is 4. The predicted octanol–water partition coefficient (Wildman–Crippen LogP) is 4.23. The van der Waals surface area contributed by atoms with Gasteiger partial charge in [-0.05, 0) is 48.0 Å². The molecule has 0 aliphatic rings. The molecule has 0 saturated carbocycles. The van der Waals surface area contributed by atoms with Crippen LogP contribution < -0.4 is 5.32 Å². The fraction of sp³-hybridized carbons (Fsp3) is 0.286. The molecule has 0 spiro atoms. The number of nitrogens with one attached hydrogen (secondary N) is 1. The normalized spacial score (nSPS) is 12.3. The van der Waals surface area contributed by atoms with Crippen LogP contribution >= 0.6 is 27.3 Å². The highest BCUT2D eigenvalue weighted by atomic mass is 79.9. The summed E-state index contributed by atoms with van der Waals surface area (Å²) in [5, 5.41) is 14.3. The molecule has 0 aliphatic carbocycles. The molecule has 6 heteroatoms. The largest absolute Gasteiger partial charge is 0.312 e. The number of halogens is 1. The molecule has 1 heterocycles. The first-order chi connectivity index (χ1) is 9.52. The van der Waals surface area contributed by atoms with E-state index in [1.165, 1.54) is 10.4 Å². The Morgan fingerprint density at radius 3 is 2.70 bits per heavy atom. The third-order valence-corrected chi connectivity index (χ3v) is 5.43. The Morgan fingerprint density at radius 1 is 1.45 bits per heavy atom. The smallest absolute Gasteiger partial charge is 0.272 e. The van der Waals surface area contributed by atoms with E-state index < -0.39 is 0 Å². The summed E-state index contributed by atoms with van der Waals surface area (Å²) in [5.41, 5.74) is 2.12. The van der Waals surface area contributed by atoms with Crippen molar-refractivity contribution < 1.29 is 4.92 Å². The Labute approximate surface area is 130 Å². The fourth-order valence-electron chi connectivity index (χ4n) is 2.08. The average molecular weight is 355 g/mol. The van der Waals surface area contributed by atoms with Crippen LogP contribution in [0.15, 0.2) is 34.1 Å². The van der Waals surface area contributed by atoms with Crippen LogP contribution in [0.2, 0.25) is 0 Å². The van der Waals surface area contributed by atoms with Crippen LogP contribution in [0.5, 0.6) is 0 Å². The lowest BCUT2D eigenvalue weighted by Crippen LogP contribution is -2.18. The molecule has 0 amide bonds. The monoisotopic (exact) mass is 354 g/mol. The lowest BCUT2D eigenvalue weighted by atomic mass is 10.0. The van der Waals surface area contributed by atoms with Crippen molar-refractivity contribution in [1.82, 2.24) is 5.32 Å². The number of nitrogens with zero attached hydrogens (tertiary/aromatic N) is 1. The maximum Gasteiger partial charge on any atom is 0.272 e. The first kappa shape index (κ1) is 15.2. The van der Waals surface area contributed by atoms with Crippen molar-refractivity contribution in [3.05, 3.63) is 60.2 Å². The predicted molar refractivity (Wildman–Crippen MR) is 85.4 cm³/mol. The highest BCUT2D eigenvalue weighted by molar-refractivity contribution is 9.11. The van der Waals surface area contributed by atoms with Crippen molar-refractivity contribution in [2.24, 2.45) is 0 Å². The molecular formula is C14H15BrN2O2S. The minimum atomic E-state index is -0.322. The lowest BCUT2D eigenvalue weighted by Gasteiger charge is -2.14. The Morgan fingerprint density at radius 2 is 2.15 bits per heavy atom. The maximum atomic E-state index is 11.1. The lowest BCUT2D eigenvalue weighted by molar-refractivity contribution is -0.385. The number of nitro groups is 1. The summed E-state index contributed by atoms with van der Waals surface area (Å²) in [4.78, 5) is 11.9. The number of hydrogen-bond donors (Lipinski definition) is 1. The van der Waals surface area contributed by atoms with E-state index in [-0.39, 0.29) is 16.7 Å².